The number of hydrogen-bond donors (Lipinski definition) is 0. The van der Waals surface area contributed by atoms with Gasteiger partial charge in [-0.3, -0.25) is 9.59 Å². The van der Waals surface area contributed by atoms with Crippen molar-refractivity contribution in [2.24, 2.45) is 28.6 Å². The predicted molar refractivity (Wildman–Crippen MR) is 86.8 cm³/mol. The molecule has 1 spiro atoms. The fraction of sp³-hybridized carbons (Fsp3) is 0.700. The summed E-state index contributed by atoms with van der Waals surface area (Å²) in [4.78, 5) is 25.7. The van der Waals surface area contributed by atoms with Crippen LogP contribution in [0.1, 0.15) is 45.4 Å². The van der Waals surface area contributed by atoms with E-state index in [0.29, 0.717) is 5.92 Å². The van der Waals surface area contributed by atoms with E-state index < -0.39 is 11.0 Å². The molecule has 4 aliphatic carbocycles. The molecule has 6 atom stereocenters. The average molecular weight is 328 g/mol. The molecule has 128 valence electrons. The first kappa shape index (κ1) is 14.7. The van der Waals surface area contributed by atoms with Crippen molar-refractivity contribution in [1.29, 1.82) is 0 Å². The van der Waals surface area contributed by atoms with E-state index in [0.717, 1.165) is 38.5 Å². The van der Waals surface area contributed by atoms with Gasteiger partial charge in [-0.1, -0.05) is 18.2 Å². The molecule has 1 aliphatic heterocycles. The van der Waals surface area contributed by atoms with Gasteiger partial charge in [0.2, 0.25) is 0 Å². The van der Waals surface area contributed by atoms with Crippen molar-refractivity contribution in [1.82, 2.24) is 0 Å². The van der Waals surface area contributed by atoms with Gasteiger partial charge in [-0.2, -0.15) is 0 Å². The molecule has 3 saturated carbocycles. The minimum atomic E-state index is -0.571. The van der Waals surface area contributed by atoms with Crippen molar-refractivity contribution in [2.75, 3.05) is 7.11 Å². The molecule has 0 amide bonds. The zero-order chi connectivity index (χ0) is 16.9. The van der Waals surface area contributed by atoms with Gasteiger partial charge >= 0.3 is 11.9 Å². The number of esters is 2. The zero-order valence-corrected chi connectivity index (χ0v) is 14.4. The molecule has 4 nitrogen and oxygen atoms in total. The molecule has 0 N–H and O–H groups in total. The van der Waals surface area contributed by atoms with Crippen molar-refractivity contribution in [2.45, 2.75) is 51.0 Å². The molecule has 0 radical (unpaired) electrons. The summed E-state index contributed by atoms with van der Waals surface area (Å²) in [5, 5.41) is 0. The van der Waals surface area contributed by atoms with Crippen LogP contribution in [0.15, 0.2) is 23.8 Å². The Hall–Kier alpha value is -1.58. The second kappa shape index (κ2) is 4.14. The lowest BCUT2D eigenvalue weighted by atomic mass is 9.60. The van der Waals surface area contributed by atoms with E-state index in [1.165, 1.54) is 18.3 Å². The van der Waals surface area contributed by atoms with Crippen molar-refractivity contribution in [3.05, 3.63) is 23.8 Å². The second-order valence-electron chi connectivity index (χ2n) is 8.77. The average Bonchev–Trinajstić information content (AvgIpc) is 2.99. The van der Waals surface area contributed by atoms with E-state index >= 15 is 0 Å². The summed E-state index contributed by atoms with van der Waals surface area (Å²) in [6.07, 6.45) is 7.68. The van der Waals surface area contributed by atoms with Gasteiger partial charge in [0.1, 0.15) is 5.60 Å². The Morgan fingerprint density at radius 1 is 1.42 bits per heavy atom. The Morgan fingerprint density at radius 3 is 2.96 bits per heavy atom. The van der Waals surface area contributed by atoms with Crippen molar-refractivity contribution < 1.29 is 19.1 Å². The number of carbonyl (C=O) groups is 2. The van der Waals surface area contributed by atoms with Crippen LogP contribution in [0, 0.1) is 28.6 Å². The molecular weight excluding hydrogens is 304 g/mol. The summed E-state index contributed by atoms with van der Waals surface area (Å²) < 4.78 is 11.4. The molecular formula is C20H24O4. The topological polar surface area (TPSA) is 52.6 Å². The molecule has 0 aromatic rings. The third kappa shape index (κ3) is 1.32. The highest BCUT2D eigenvalue weighted by molar-refractivity contribution is 5.87. The number of hydrogen-bond acceptors (Lipinski definition) is 4. The van der Waals surface area contributed by atoms with Gasteiger partial charge in [0.05, 0.1) is 18.4 Å². The van der Waals surface area contributed by atoms with E-state index in [1.54, 1.807) is 0 Å². The summed E-state index contributed by atoms with van der Waals surface area (Å²) in [6.45, 7) is 6.29. The first-order chi connectivity index (χ1) is 11.4. The maximum absolute atomic E-state index is 12.9. The molecule has 1 saturated heterocycles. The van der Waals surface area contributed by atoms with Crippen LogP contribution in [0.2, 0.25) is 0 Å². The molecule has 4 fully saturated rings. The van der Waals surface area contributed by atoms with Crippen LogP contribution in [0.3, 0.4) is 0 Å². The Morgan fingerprint density at radius 2 is 2.21 bits per heavy atom. The lowest BCUT2D eigenvalue weighted by Gasteiger charge is -2.39. The predicted octanol–water partition coefficient (Wildman–Crippen LogP) is 3.17. The third-order valence-electron chi connectivity index (χ3n) is 7.89. The molecule has 5 aliphatic rings. The van der Waals surface area contributed by atoms with Gasteiger partial charge in [-0.15, -0.1) is 0 Å². The van der Waals surface area contributed by atoms with Gasteiger partial charge in [-0.05, 0) is 56.9 Å². The van der Waals surface area contributed by atoms with E-state index in [9.17, 15) is 9.59 Å². The van der Waals surface area contributed by atoms with Gasteiger partial charge < -0.3 is 9.47 Å². The molecule has 4 heteroatoms. The van der Waals surface area contributed by atoms with Crippen molar-refractivity contribution in [3.63, 3.8) is 0 Å². The first-order valence-electron chi connectivity index (χ1n) is 9.09. The van der Waals surface area contributed by atoms with Crippen LogP contribution in [-0.4, -0.2) is 24.6 Å². The minimum Gasteiger partial charge on any atom is -0.469 e. The van der Waals surface area contributed by atoms with E-state index in [-0.39, 0.29) is 29.2 Å². The molecule has 4 bridgehead atoms. The SMILES string of the molecule is C=C1C[C@]23C[C@H]1CC=C2[C@@]12CCCC(C)(C(=O)O1)C2C3C(=O)OC. The molecule has 0 aromatic heterocycles. The smallest absolute Gasteiger partial charge is 0.313 e. The monoisotopic (exact) mass is 328 g/mol. The third-order valence-corrected chi connectivity index (χ3v) is 7.89. The number of ether oxygens (including phenoxy) is 2. The van der Waals surface area contributed by atoms with Crippen LogP contribution < -0.4 is 0 Å². The Bertz CT molecular complexity index is 721. The first-order valence-corrected chi connectivity index (χ1v) is 9.09. The lowest BCUT2D eigenvalue weighted by molar-refractivity contribution is -0.154. The van der Waals surface area contributed by atoms with E-state index in [2.05, 4.69) is 12.7 Å². The van der Waals surface area contributed by atoms with Crippen LogP contribution in [0.4, 0.5) is 0 Å². The van der Waals surface area contributed by atoms with Gasteiger partial charge in [0, 0.05) is 11.3 Å². The van der Waals surface area contributed by atoms with Crippen molar-refractivity contribution in [3.8, 4) is 0 Å². The molecule has 24 heavy (non-hydrogen) atoms. The highest BCUT2D eigenvalue weighted by atomic mass is 16.6. The Balaban J connectivity index is 1.78. The molecule has 1 heterocycles. The van der Waals surface area contributed by atoms with Gasteiger partial charge in [0.15, 0.2) is 0 Å². The standard InChI is InChI=1S/C20H24O4/c1-11-9-19-10-12(11)5-6-13(19)20-8-4-7-18(2,17(22)24-20)15(20)14(19)16(21)23-3/h6,12,14-15H,1,4-5,7-10H2,2-3H3/t12-,14?,15?,18?,19+,20-/m1/s1. The summed E-state index contributed by atoms with van der Waals surface area (Å²) >= 11 is 0. The summed E-state index contributed by atoms with van der Waals surface area (Å²) in [7, 11) is 1.47. The van der Waals surface area contributed by atoms with Gasteiger partial charge in [-0.25, -0.2) is 0 Å². The van der Waals surface area contributed by atoms with Crippen LogP contribution in [-0.2, 0) is 19.1 Å². The highest BCUT2D eigenvalue weighted by Gasteiger charge is 2.79. The minimum absolute atomic E-state index is 0.0883. The number of allylic oxidation sites excluding steroid dienone is 2. The van der Waals surface area contributed by atoms with Crippen molar-refractivity contribution >= 4 is 11.9 Å². The fourth-order valence-corrected chi connectivity index (χ4v) is 7.09. The summed E-state index contributed by atoms with van der Waals surface area (Å²) in [5.74, 6) is -0.204. The fourth-order valence-electron chi connectivity index (χ4n) is 7.09. The molecule has 3 unspecified atom stereocenters. The Labute approximate surface area is 142 Å². The lowest BCUT2D eigenvalue weighted by Crippen LogP contribution is -2.46. The maximum Gasteiger partial charge on any atom is 0.313 e. The summed E-state index contributed by atoms with van der Waals surface area (Å²) in [5.41, 5.74) is 1.10. The second-order valence-corrected chi connectivity index (χ2v) is 8.77. The number of methoxy groups -OCH3 is 1. The quantitative estimate of drug-likeness (QED) is 0.548. The number of fused-ring (bicyclic) bond motifs is 1. The highest BCUT2D eigenvalue weighted by Crippen LogP contribution is 2.76. The Kier molecular flexibility index (Phi) is 2.55. The maximum atomic E-state index is 12.9. The largest absolute Gasteiger partial charge is 0.469 e. The number of carbonyl (C=O) groups excluding carboxylic acids is 2. The van der Waals surface area contributed by atoms with E-state index in [4.69, 9.17) is 9.47 Å². The van der Waals surface area contributed by atoms with Crippen LogP contribution in [0.25, 0.3) is 0 Å². The zero-order valence-electron chi connectivity index (χ0n) is 14.4. The normalized spacial score (nSPS) is 50.9. The summed E-state index contributed by atoms with van der Waals surface area (Å²) in [6, 6.07) is 0. The molecule has 0 aromatic carbocycles. The van der Waals surface area contributed by atoms with E-state index in [1.807, 2.05) is 6.92 Å². The molecule has 5 rings (SSSR count). The number of rotatable bonds is 1. The van der Waals surface area contributed by atoms with Crippen LogP contribution >= 0.6 is 0 Å². The van der Waals surface area contributed by atoms with Crippen LogP contribution in [0.5, 0.6) is 0 Å². The van der Waals surface area contributed by atoms with Gasteiger partial charge in [0.25, 0.3) is 0 Å².